The first-order valence-corrected chi connectivity index (χ1v) is 7.13. The molecule has 1 saturated carbocycles. The lowest BCUT2D eigenvalue weighted by Gasteiger charge is -2.41. The summed E-state index contributed by atoms with van der Waals surface area (Å²) in [6.45, 7) is 5.23. The Hall–Kier alpha value is -1.17. The van der Waals surface area contributed by atoms with Gasteiger partial charge in [0.25, 0.3) is 0 Å². The summed E-state index contributed by atoms with van der Waals surface area (Å²) in [4.78, 5) is 27.8. The molecule has 0 aromatic rings. The van der Waals surface area contributed by atoms with Crippen molar-refractivity contribution in [1.82, 2.24) is 9.80 Å². The highest BCUT2D eigenvalue weighted by Crippen LogP contribution is 2.42. The van der Waals surface area contributed by atoms with Crippen molar-refractivity contribution in [3.63, 3.8) is 0 Å². The molecular formula is C13H23N3O2S. The normalized spacial score (nSPS) is 16.4. The Morgan fingerprint density at radius 1 is 1.26 bits per heavy atom. The van der Waals surface area contributed by atoms with Crippen LogP contribution >= 0.6 is 12.2 Å². The van der Waals surface area contributed by atoms with Gasteiger partial charge in [-0.15, -0.1) is 0 Å². The molecule has 6 heteroatoms. The highest BCUT2D eigenvalue weighted by atomic mass is 32.1. The summed E-state index contributed by atoms with van der Waals surface area (Å²) in [6, 6.07) is 0. The third kappa shape index (κ3) is 3.05. The van der Waals surface area contributed by atoms with E-state index >= 15 is 0 Å². The molecule has 19 heavy (non-hydrogen) atoms. The quantitative estimate of drug-likeness (QED) is 0.732. The third-order valence-electron chi connectivity index (χ3n) is 3.92. The van der Waals surface area contributed by atoms with Gasteiger partial charge in [-0.3, -0.25) is 9.59 Å². The van der Waals surface area contributed by atoms with Crippen LogP contribution in [0.4, 0.5) is 0 Å². The lowest BCUT2D eigenvalue weighted by molar-refractivity contribution is -0.145. The molecule has 0 spiro atoms. The lowest BCUT2D eigenvalue weighted by Crippen LogP contribution is -2.55. The van der Waals surface area contributed by atoms with Crippen LogP contribution in [0, 0.1) is 5.41 Å². The molecule has 1 fully saturated rings. The van der Waals surface area contributed by atoms with Crippen molar-refractivity contribution in [3.8, 4) is 0 Å². The number of hydrogen-bond donors (Lipinski definition) is 1. The maximum absolute atomic E-state index is 12.4. The summed E-state index contributed by atoms with van der Waals surface area (Å²) in [5.74, 6) is -0.162. The van der Waals surface area contributed by atoms with Crippen molar-refractivity contribution in [2.45, 2.75) is 33.1 Å². The van der Waals surface area contributed by atoms with Gasteiger partial charge in [0.15, 0.2) is 0 Å². The van der Waals surface area contributed by atoms with E-state index in [1.807, 2.05) is 13.8 Å². The summed E-state index contributed by atoms with van der Waals surface area (Å²) in [6.07, 6.45) is 2.36. The van der Waals surface area contributed by atoms with Gasteiger partial charge in [-0.2, -0.15) is 0 Å². The summed E-state index contributed by atoms with van der Waals surface area (Å²) in [5, 5.41) is 0. The molecule has 2 N–H and O–H groups in total. The predicted molar refractivity (Wildman–Crippen MR) is 78.6 cm³/mol. The maximum Gasteiger partial charge on any atom is 0.242 e. The summed E-state index contributed by atoms with van der Waals surface area (Å²) in [7, 11) is 1.64. The zero-order valence-electron chi connectivity index (χ0n) is 11.9. The van der Waals surface area contributed by atoms with Crippen molar-refractivity contribution < 1.29 is 9.59 Å². The molecule has 0 aromatic heterocycles. The minimum atomic E-state index is -0.701. The molecule has 5 nitrogen and oxygen atoms in total. The SMILES string of the molecule is CCN(CC)C(=O)CN(C)C(=O)C1(C(N)=S)CCC1. The fourth-order valence-corrected chi connectivity index (χ4v) is 2.70. The van der Waals surface area contributed by atoms with Crippen molar-refractivity contribution in [1.29, 1.82) is 0 Å². The van der Waals surface area contributed by atoms with E-state index in [4.69, 9.17) is 18.0 Å². The van der Waals surface area contributed by atoms with E-state index in [0.717, 1.165) is 6.42 Å². The van der Waals surface area contributed by atoms with E-state index in [-0.39, 0.29) is 23.3 Å². The lowest BCUT2D eigenvalue weighted by atomic mass is 9.67. The number of carbonyl (C=O) groups is 2. The first-order chi connectivity index (χ1) is 8.89. The fourth-order valence-electron chi connectivity index (χ4n) is 2.41. The second-order valence-electron chi connectivity index (χ2n) is 5.03. The van der Waals surface area contributed by atoms with Crippen LogP contribution in [0.3, 0.4) is 0 Å². The summed E-state index contributed by atoms with van der Waals surface area (Å²) < 4.78 is 0. The van der Waals surface area contributed by atoms with E-state index in [0.29, 0.717) is 25.9 Å². The molecule has 2 amide bonds. The Balaban J connectivity index is 2.68. The first kappa shape index (κ1) is 15.9. The van der Waals surface area contributed by atoms with Crippen LogP contribution in [-0.2, 0) is 9.59 Å². The monoisotopic (exact) mass is 285 g/mol. The number of nitrogens with two attached hydrogens (primary N) is 1. The van der Waals surface area contributed by atoms with Crippen LogP contribution in [-0.4, -0.2) is 53.3 Å². The number of likely N-dealkylation sites (N-methyl/N-ethyl adjacent to an activating group) is 2. The number of hydrogen-bond acceptors (Lipinski definition) is 3. The van der Waals surface area contributed by atoms with E-state index in [1.165, 1.54) is 4.90 Å². The molecule has 0 heterocycles. The van der Waals surface area contributed by atoms with Gasteiger partial charge in [-0.1, -0.05) is 18.6 Å². The molecule has 0 aliphatic heterocycles. The highest BCUT2D eigenvalue weighted by molar-refractivity contribution is 7.80. The molecule has 0 saturated heterocycles. The van der Waals surface area contributed by atoms with Crippen LogP contribution in [0.2, 0.25) is 0 Å². The molecular weight excluding hydrogens is 262 g/mol. The Labute approximate surface area is 120 Å². The highest BCUT2D eigenvalue weighted by Gasteiger charge is 2.48. The van der Waals surface area contributed by atoms with Gasteiger partial charge >= 0.3 is 0 Å². The van der Waals surface area contributed by atoms with Gasteiger partial charge < -0.3 is 15.5 Å². The van der Waals surface area contributed by atoms with Crippen molar-refractivity contribution >= 4 is 29.0 Å². The Kier molecular flexibility index (Phi) is 5.29. The van der Waals surface area contributed by atoms with Crippen LogP contribution in [0.1, 0.15) is 33.1 Å². The van der Waals surface area contributed by atoms with Gasteiger partial charge in [0.05, 0.1) is 16.9 Å². The zero-order valence-corrected chi connectivity index (χ0v) is 12.8. The van der Waals surface area contributed by atoms with Gasteiger partial charge in [0, 0.05) is 20.1 Å². The molecule has 0 atom stereocenters. The van der Waals surface area contributed by atoms with E-state index in [9.17, 15) is 9.59 Å². The molecule has 0 bridgehead atoms. The molecule has 0 radical (unpaired) electrons. The van der Waals surface area contributed by atoms with Crippen LogP contribution in [0.15, 0.2) is 0 Å². The molecule has 1 rings (SSSR count). The Morgan fingerprint density at radius 3 is 2.11 bits per heavy atom. The van der Waals surface area contributed by atoms with E-state index < -0.39 is 5.41 Å². The second kappa shape index (κ2) is 6.32. The molecule has 108 valence electrons. The van der Waals surface area contributed by atoms with E-state index in [2.05, 4.69) is 0 Å². The van der Waals surface area contributed by atoms with Gasteiger partial charge in [0.1, 0.15) is 0 Å². The summed E-state index contributed by atoms with van der Waals surface area (Å²) >= 11 is 5.02. The third-order valence-corrected chi connectivity index (χ3v) is 4.31. The standard InChI is InChI=1S/C13H23N3O2S/c1-4-16(5-2)10(17)9-15(3)12(18)13(11(14)19)7-6-8-13/h4-9H2,1-3H3,(H2,14,19). The number of nitrogens with zero attached hydrogens (tertiary/aromatic N) is 2. The number of amides is 2. The fraction of sp³-hybridized carbons (Fsp3) is 0.769. The van der Waals surface area contributed by atoms with Crippen LogP contribution in [0.25, 0.3) is 0 Å². The average molecular weight is 285 g/mol. The Morgan fingerprint density at radius 2 is 1.79 bits per heavy atom. The maximum atomic E-state index is 12.4. The summed E-state index contributed by atoms with van der Waals surface area (Å²) in [5.41, 5.74) is 5.00. The van der Waals surface area contributed by atoms with Crippen molar-refractivity contribution in [2.24, 2.45) is 11.1 Å². The first-order valence-electron chi connectivity index (χ1n) is 6.72. The number of carbonyl (C=O) groups excluding carboxylic acids is 2. The van der Waals surface area contributed by atoms with Crippen LogP contribution in [0.5, 0.6) is 0 Å². The zero-order chi connectivity index (χ0) is 14.6. The van der Waals surface area contributed by atoms with Gasteiger partial charge in [-0.05, 0) is 26.7 Å². The molecule has 1 aliphatic carbocycles. The minimum absolute atomic E-state index is 0.0433. The van der Waals surface area contributed by atoms with Gasteiger partial charge in [0.2, 0.25) is 11.8 Å². The predicted octanol–water partition coefficient (Wildman–Crippen LogP) is 0.770. The molecule has 1 aliphatic rings. The largest absolute Gasteiger partial charge is 0.392 e. The number of thiocarbonyl (C=S) groups is 1. The smallest absolute Gasteiger partial charge is 0.242 e. The minimum Gasteiger partial charge on any atom is -0.392 e. The molecule has 0 unspecified atom stereocenters. The van der Waals surface area contributed by atoms with Crippen molar-refractivity contribution in [3.05, 3.63) is 0 Å². The Bertz CT molecular complexity index is 376. The van der Waals surface area contributed by atoms with E-state index in [1.54, 1.807) is 11.9 Å². The molecule has 0 aromatic carbocycles. The topological polar surface area (TPSA) is 66.6 Å². The number of rotatable bonds is 6. The van der Waals surface area contributed by atoms with Crippen LogP contribution < -0.4 is 5.73 Å². The van der Waals surface area contributed by atoms with Gasteiger partial charge in [-0.25, -0.2) is 0 Å². The average Bonchev–Trinajstić information content (AvgIpc) is 2.28. The second-order valence-corrected chi connectivity index (χ2v) is 5.47. The van der Waals surface area contributed by atoms with Crippen molar-refractivity contribution in [2.75, 3.05) is 26.7 Å².